The number of unbranched alkanes of at least 4 members (excludes halogenated alkanes) is 48. The molecule has 0 saturated heterocycles. The van der Waals surface area contributed by atoms with Gasteiger partial charge < -0.3 is 33.8 Å². The fourth-order valence-electron chi connectivity index (χ4n) is 12.0. The predicted molar refractivity (Wildman–Crippen MR) is 409 cm³/mol. The standard InChI is InChI=1S/C81H154O17P2/c1-6-9-12-15-18-21-23-25-27-28-29-30-31-33-39-43-47-52-57-62-67-81(86)98-77(71-92-79(84)65-60-55-50-45-41-37-35-34-36-40-44-48-53-58-63-74(4)5)73-96-100(89,90)94-69-75(82)68-93-99(87,88)95-72-76(70-91-78(83)64-59-54-49-20-17-14-11-8-3)97-80(85)66-61-56-51-46-42-38-32-26-24-22-19-16-13-10-7-2/h22,24,26,32,74-77,82H,6-21,23,25,27-31,33-73H2,1-5H3,(H,87,88)(H,89,90)/b24-22-,32-26-/t75-,76+,77+/m0/s1. The van der Waals surface area contributed by atoms with E-state index in [0.29, 0.717) is 25.7 Å². The van der Waals surface area contributed by atoms with Gasteiger partial charge in [0, 0.05) is 25.7 Å². The quantitative estimate of drug-likeness (QED) is 0.0169. The van der Waals surface area contributed by atoms with E-state index in [1.165, 1.54) is 212 Å². The molecule has 0 radical (unpaired) electrons. The van der Waals surface area contributed by atoms with Crippen LogP contribution in [-0.2, 0) is 65.4 Å². The zero-order valence-corrected chi connectivity index (χ0v) is 66.6. The number of aliphatic hydroxyl groups is 1. The van der Waals surface area contributed by atoms with E-state index < -0.39 is 97.5 Å². The van der Waals surface area contributed by atoms with Crippen molar-refractivity contribution in [3.05, 3.63) is 24.3 Å². The molecule has 5 atom stereocenters. The summed E-state index contributed by atoms with van der Waals surface area (Å²) < 4.78 is 68.6. The Bertz CT molecular complexity index is 2000. The number of aliphatic hydroxyl groups excluding tert-OH is 1. The van der Waals surface area contributed by atoms with Crippen LogP contribution in [0, 0.1) is 5.92 Å². The Morgan fingerprint density at radius 3 is 0.820 bits per heavy atom. The molecule has 0 saturated carbocycles. The fourth-order valence-corrected chi connectivity index (χ4v) is 13.6. The normalized spacial score (nSPS) is 14.0. The summed E-state index contributed by atoms with van der Waals surface area (Å²) in [6.45, 7) is 7.26. The van der Waals surface area contributed by atoms with Gasteiger partial charge in [-0.15, -0.1) is 0 Å². The van der Waals surface area contributed by atoms with Crippen molar-refractivity contribution in [3.8, 4) is 0 Å². The van der Waals surface area contributed by atoms with Crippen LogP contribution in [0.1, 0.15) is 407 Å². The second-order valence-corrected chi connectivity index (χ2v) is 31.9. The first-order valence-electron chi connectivity index (χ1n) is 41.5. The van der Waals surface area contributed by atoms with Gasteiger partial charge in [-0.2, -0.15) is 0 Å². The summed E-state index contributed by atoms with van der Waals surface area (Å²) >= 11 is 0. The molecule has 0 aliphatic rings. The summed E-state index contributed by atoms with van der Waals surface area (Å²) in [5.74, 6) is -1.34. The molecule has 0 rings (SSSR count). The Labute approximate surface area is 612 Å². The van der Waals surface area contributed by atoms with E-state index in [4.69, 9.17) is 37.0 Å². The Morgan fingerprint density at radius 1 is 0.310 bits per heavy atom. The van der Waals surface area contributed by atoms with Crippen molar-refractivity contribution in [1.29, 1.82) is 0 Å². The molecular formula is C81H154O17P2. The summed E-state index contributed by atoms with van der Waals surface area (Å²) in [6.07, 6.45) is 67.5. The minimum atomic E-state index is -4.96. The number of rotatable bonds is 79. The van der Waals surface area contributed by atoms with Gasteiger partial charge in [-0.3, -0.25) is 37.3 Å². The number of allylic oxidation sites excluding steroid dienone is 4. The number of phosphoric acid groups is 2. The highest BCUT2D eigenvalue weighted by atomic mass is 31.2. The average molecular weight is 1460 g/mol. The van der Waals surface area contributed by atoms with E-state index in [0.717, 1.165) is 115 Å². The zero-order chi connectivity index (χ0) is 73.4. The lowest BCUT2D eigenvalue weighted by molar-refractivity contribution is -0.161. The van der Waals surface area contributed by atoms with Crippen LogP contribution in [0.5, 0.6) is 0 Å². The van der Waals surface area contributed by atoms with Gasteiger partial charge in [0.1, 0.15) is 19.3 Å². The van der Waals surface area contributed by atoms with Gasteiger partial charge in [-0.05, 0) is 57.3 Å². The Kier molecular flexibility index (Phi) is 71.6. The molecule has 0 bridgehead atoms. The highest BCUT2D eigenvalue weighted by molar-refractivity contribution is 7.47. The number of ether oxygens (including phenoxy) is 4. The topological polar surface area (TPSA) is 237 Å². The molecule has 0 aromatic heterocycles. The monoisotopic (exact) mass is 1460 g/mol. The van der Waals surface area contributed by atoms with Crippen LogP contribution in [0.15, 0.2) is 24.3 Å². The van der Waals surface area contributed by atoms with E-state index >= 15 is 0 Å². The lowest BCUT2D eigenvalue weighted by Gasteiger charge is -2.21. The van der Waals surface area contributed by atoms with Crippen molar-refractivity contribution in [2.24, 2.45) is 5.92 Å². The number of hydrogen-bond donors (Lipinski definition) is 3. The molecule has 0 amide bonds. The fraction of sp³-hybridized carbons (Fsp3) is 0.901. The number of carbonyl (C=O) groups is 4. The smallest absolute Gasteiger partial charge is 0.462 e. The lowest BCUT2D eigenvalue weighted by Crippen LogP contribution is -2.30. The molecule has 3 N–H and O–H groups in total. The molecule has 0 aliphatic carbocycles. The minimum absolute atomic E-state index is 0.0852. The third kappa shape index (κ3) is 73.8. The first-order valence-corrected chi connectivity index (χ1v) is 44.4. The second kappa shape index (κ2) is 73.4. The van der Waals surface area contributed by atoms with Crippen LogP contribution in [0.4, 0.5) is 0 Å². The zero-order valence-electron chi connectivity index (χ0n) is 64.8. The van der Waals surface area contributed by atoms with Crippen molar-refractivity contribution in [2.45, 2.75) is 425 Å². The van der Waals surface area contributed by atoms with E-state index in [2.05, 4.69) is 58.9 Å². The molecule has 0 aliphatic heterocycles. The molecule has 0 heterocycles. The van der Waals surface area contributed by atoms with Crippen LogP contribution < -0.4 is 0 Å². The maximum absolute atomic E-state index is 13.1. The number of esters is 4. The Hall–Kier alpha value is -2.46. The minimum Gasteiger partial charge on any atom is -0.462 e. The molecule has 0 aromatic carbocycles. The molecule has 100 heavy (non-hydrogen) atoms. The molecule has 19 heteroatoms. The number of carbonyl (C=O) groups excluding carboxylic acids is 4. The summed E-state index contributed by atoms with van der Waals surface area (Å²) in [4.78, 5) is 72.9. The van der Waals surface area contributed by atoms with Gasteiger partial charge in [0.05, 0.1) is 26.4 Å². The Balaban J connectivity index is 5.23. The Morgan fingerprint density at radius 2 is 0.540 bits per heavy atom. The third-order valence-electron chi connectivity index (χ3n) is 18.4. The first kappa shape index (κ1) is 97.5. The van der Waals surface area contributed by atoms with Gasteiger partial charge in [0.2, 0.25) is 0 Å². The van der Waals surface area contributed by atoms with Crippen molar-refractivity contribution in [3.63, 3.8) is 0 Å². The molecule has 2 unspecified atom stereocenters. The molecule has 0 fully saturated rings. The summed E-state index contributed by atoms with van der Waals surface area (Å²) in [5.41, 5.74) is 0. The van der Waals surface area contributed by atoms with Gasteiger partial charge in [0.15, 0.2) is 12.2 Å². The summed E-state index contributed by atoms with van der Waals surface area (Å²) in [5, 5.41) is 10.6. The van der Waals surface area contributed by atoms with Crippen molar-refractivity contribution in [1.82, 2.24) is 0 Å². The van der Waals surface area contributed by atoms with E-state index in [1.807, 2.05) is 0 Å². The molecule has 0 aromatic rings. The molecule has 590 valence electrons. The largest absolute Gasteiger partial charge is 0.472 e. The number of phosphoric ester groups is 2. The van der Waals surface area contributed by atoms with Crippen LogP contribution in [0.3, 0.4) is 0 Å². The maximum atomic E-state index is 13.1. The molecular weight excluding hydrogens is 1310 g/mol. The van der Waals surface area contributed by atoms with Crippen LogP contribution in [-0.4, -0.2) is 96.7 Å². The molecule has 0 spiro atoms. The van der Waals surface area contributed by atoms with E-state index in [9.17, 15) is 43.2 Å². The van der Waals surface area contributed by atoms with Gasteiger partial charge in [-0.25, -0.2) is 9.13 Å². The predicted octanol–water partition coefficient (Wildman–Crippen LogP) is 24.0. The highest BCUT2D eigenvalue weighted by Crippen LogP contribution is 2.45. The SMILES string of the molecule is CCCCCC/C=C\C=C/CCCCCCCC(=O)O[C@H](COC(=O)CCCCCCCCCC)COP(=O)(O)OC[C@H](O)COP(=O)(O)OC[C@@H](COC(=O)CCCCCCCCCCCCCCCCC(C)C)OC(=O)CCCCCCCCCCCCCCCCCCCCCC. The number of hydrogen-bond acceptors (Lipinski definition) is 15. The summed E-state index contributed by atoms with van der Waals surface area (Å²) in [7, 11) is -9.93. The van der Waals surface area contributed by atoms with Crippen molar-refractivity contribution in [2.75, 3.05) is 39.6 Å². The van der Waals surface area contributed by atoms with Gasteiger partial charge >= 0.3 is 39.5 Å². The second-order valence-electron chi connectivity index (χ2n) is 29.0. The van der Waals surface area contributed by atoms with Crippen molar-refractivity contribution < 1.29 is 80.2 Å². The van der Waals surface area contributed by atoms with Crippen LogP contribution in [0.25, 0.3) is 0 Å². The van der Waals surface area contributed by atoms with Crippen LogP contribution >= 0.6 is 15.6 Å². The van der Waals surface area contributed by atoms with Gasteiger partial charge in [0.25, 0.3) is 0 Å². The van der Waals surface area contributed by atoms with E-state index in [-0.39, 0.29) is 25.7 Å². The molecule has 17 nitrogen and oxygen atoms in total. The average Bonchev–Trinajstić information content (AvgIpc) is 0.940. The van der Waals surface area contributed by atoms with E-state index in [1.54, 1.807) is 0 Å². The lowest BCUT2D eigenvalue weighted by atomic mass is 10.0. The maximum Gasteiger partial charge on any atom is 0.472 e. The van der Waals surface area contributed by atoms with Gasteiger partial charge in [-0.1, -0.05) is 354 Å². The summed E-state index contributed by atoms with van der Waals surface area (Å²) in [6, 6.07) is 0. The first-order chi connectivity index (χ1) is 48.5. The van der Waals surface area contributed by atoms with Crippen molar-refractivity contribution >= 4 is 39.5 Å². The highest BCUT2D eigenvalue weighted by Gasteiger charge is 2.30. The third-order valence-corrected chi connectivity index (χ3v) is 20.3. The van der Waals surface area contributed by atoms with Crippen LogP contribution in [0.2, 0.25) is 0 Å².